The van der Waals surface area contributed by atoms with E-state index in [0.29, 0.717) is 0 Å². The molecule has 0 amide bonds. The summed E-state index contributed by atoms with van der Waals surface area (Å²) in [5.74, 6) is 0. The van der Waals surface area contributed by atoms with Gasteiger partial charge in [0, 0.05) is 34.1 Å². The average Bonchev–Trinajstić information content (AvgIpc) is 3.42. The molecule has 0 saturated carbocycles. The Bertz CT molecular complexity index is 2870. The van der Waals surface area contributed by atoms with Gasteiger partial charge in [0.25, 0.3) is 0 Å². The minimum absolute atomic E-state index is 0.995. The summed E-state index contributed by atoms with van der Waals surface area (Å²) in [5.41, 5.74) is 14.6. The first-order chi connectivity index (χ1) is 33.7. The van der Waals surface area contributed by atoms with Gasteiger partial charge in [-0.2, -0.15) is 10.2 Å². The van der Waals surface area contributed by atoms with E-state index in [4.69, 9.17) is 10.2 Å². The Balaban J connectivity index is 0.880. The van der Waals surface area contributed by atoms with Gasteiger partial charge in [0.2, 0.25) is 0 Å². The lowest BCUT2D eigenvalue weighted by Gasteiger charge is -2.26. The van der Waals surface area contributed by atoms with E-state index in [2.05, 4.69) is 216 Å². The molecule has 10 rings (SSSR count). The van der Waals surface area contributed by atoms with Gasteiger partial charge in [-0.25, -0.2) is 10.0 Å². The molecular weight excluding hydrogens is 829 g/mol. The van der Waals surface area contributed by atoms with E-state index >= 15 is 0 Å². The molecule has 10 aromatic rings. The van der Waals surface area contributed by atoms with Crippen molar-refractivity contribution < 1.29 is 0 Å². The highest BCUT2D eigenvalue weighted by Gasteiger charge is 2.16. The van der Waals surface area contributed by atoms with Gasteiger partial charge in [0.15, 0.2) is 0 Å². The highest BCUT2D eigenvalue weighted by atomic mass is 15.5. The number of rotatable bonds is 15. The highest BCUT2D eigenvalue weighted by Crippen LogP contribution is 2.38. The lowest BCUT2D eigenvalue weighted by molar-refractivity contribution is 1.09. The fourth-order valence-corrected chi connectivity index (χ4v) is 8.16. The third-order valence-corrected chi connectivity index (χ3v) is 11.6. The van der Waals surface area contributed by atoms with Crippen molar-refractivity contribution in [2.45, 2.75) is 0 Å². The van der Waals surface area contributed by atoms with Crippen LogP contribution in [0.15, 0.2) is 289 Å². The van der Waals surface area contributed by atoms with E-state index in [1.165, 1.54) is 0 Å². The van der Waals surface area contributed by atoms with Crippen molar-refractivity contribution >= 4 is 69.3 Å². The molecule has 6 heteroatoms. The largest absolute Gasteiger partial charge is 0.311 e. The van der Waals surface area contributed by atoms with E-state index in [9.17, 15) is 0 Å². The van der Waals surface area contributed by atoms with Crippen LogP contribution in [0.3, 0.4) is 0 Å². The monoisotopic (exact) mass is 876 g/mol. The third kappa shape index (κ3) is 10.0. The smallest absolute Gasteiger partial charge is 0.0652 e. The van der Waals surface area contributed by atoms with Gasteiger partial charge in [0.1, 0.15) is 0 Å². The molecular formula is C62H48N6. The predicted molar refractivity (Wildman–Crippen MR) is 286 cm³/mol. The molecule has 0 fully saturated rings. The van der Waals surface area contributed by atoms with Crippen molar-refractivity contribution in [3.05, 3.63) is 290 Å². The van der Waals surface area contributed by atoms with Crippen LogP contribution in [0.1, 0.15) is 11.1 Å². The Labute approximate surface area is 398 Å². The third-order valence-electron chi connectivity index (χ3n) is 11.6. The number of hydrazone groups is 2. The van der Waals surface area contributed by atoms with Crippen molar-refractivity contribution in [2.75, 3.05) is 19.8 Å². The van der Waals surface area contributed by atoms with Crippen LogP contribution in [0.4, 0.5) is 56.9 Å². The van der Waals surface area contributed by atoms with Crippen LogP contribution < -0.4 is 19.8 Å². The van der Waals surface area contributed by atoms with Crippen molar-refractivity contribution in [2.24, 2.45) is 10.2 Å². The van der Waals surface area contributed by atoms with Gasteiger partial charge in [0.05, 0.1) is 35.2 Å². The van der Waals surface area contributed by atoms with Crippen molar-refractivity contribution in [1.29, 1.82) is 0 Å². The Morgan fingerprint density at radius 2 is 0.412 bits per heavy atom. The quantitative estimate of drug-likeness (QED) is 0.0760. The van der Waals surface area contributed by atoms with Crippen LogP contribution in [0.25, 0.3) is 11.1 Å². The molecule has 0 saturated heterocycles. The molecule has 6 nitrogen and oxygen atoms in total. The Hall–Kier alpha value is -9.26. The fraction of sp³-hybridized carbons (Fsp3) is 0. The molecule has 0 aliphatic heterocycles. The Morgan fingerprint density at radius 1 is 0.206 bits per heavy atom. The van der Waals surface area contributed by atoms with Crippen LogP contribution in [-0.4, -0.2) is 12.4 Å². The Morgan fingerprint density at radius 3 is 0.662 bits per heavy atom. The van der Waals surface area contributed by atoms with Crippen molar-refractivity contribution in [3.63, 3.8) is 0 Å². The topological polar surface area (TPSA) is 37.7 Å². The number of hydrogen-bond acceptors (Lipinski definition) is 6. The maximum atomic E-state index is 4.93. The summed E-state index contributed by atoms with van der Waals surface area (Å²) in [5, 5.41) is 13.8. The van der Waals surface area contributed by atoms with E-state index in [0.717, 1.165) is 79.1 Å². The Kier molecular flexibility index (Phi) is 13.0. The molecule has 10 aromatic carbocycles. The number of para-hydroxylation sites is 6. The first-order valence-electron chi connectivity index (χ1n) is 22.7. The molecule has 68 heavy (non-hydrogen) atoms. The molecule has 0 spiro atoms. The zero-order valence-corrected chi connectivity index (χ0v) is 37.4. The zero-order valence-electron chi connectivity index (χ0n) is 37.4. The van der Waals surface area contributed by atoms with Crippen LogP contribution in [-0.2, 0) is 0 Å². The molecule has 0 atom stereocenters. The van der Waals surface area contributed by atoms with Crippen molar-refractivity contribution in [1.82, 2.24) is 0 Å². The molecule has 0 unspecified atom stereocenters. The maximum absolute atomic E-state index is 4.93. The zero-order chi connectivity index (χ0) is 45.7. The summed E-state index contributed by atoms with van der Waals surface area (Å²) < 4.78 is 0. The summed E-state index contributed by atoms with van der Waals surface area (Å²) in [6.45, 7) is 0. The lowest BCUT2D eigenvalue weighted by Crippen LogP contribution is -2.10. The molecule has 0 aromatic heterocycles. The summed E-state index contributed by atoms with van der Waals surface area (Å²) >= 11 is 0. The fourth-order valence-electron chi connectivity index (χ4n) is 8.16. The average molecular weight is 877 g/mol. The minimum atomic E-state index is 0.995. The van der Waals surface area contributed by atoms with E-state index < -0.39 is 0 Å². The summed E-state index contributed by atoms with van der Waals surface area (Å²) in [4.78, 5) is 4.57. The number of benzene rings is 10. The van der Waals surface area contributed by atoms with Gasteiger partial charge >= 0.3 is 0 Å². The van der Waals surface area contributed by atoms with Gasteiger partial charge in [-0.1, -0.05) is 158 Å². The van der Waals surface area contributed by atoms with Gasteiger partial charge < -0.3 is 9.80 Å². The summed E-state index contributed by atoms with van der Waals surface area (Å²) in [6, 6.07) is 96.5. The molecule has 0 heterocycles. The summed E-state index contributed by atoms with van der Waals surface area (Å²) in [6.07, 6.45) is 3.82. The first kappa shape index (κ1) is 42.7. The number of nitrogens with zero attached hydrogens (tertiary/aromatic N) is 6. The molecule has 0 radical (unpaired) electrons. The minimum Gasteiger partial charge on any atom is -0.311 e. The standard InChI is InChI=1S/C62H48N6/c1-7-19-53(20-8-1)65(55-39-31-49(32-40-55)47-63-67(59-23-11-3-12-24-59)60-25-13-4-14-26-60)57-43-35-51(36-44-57)52-37-45-58(46-38-52)66(54-21-9-2-10-22-54)56-41-33-50(34-42-56)48-64-68(61-27-15-5-16-28-61)62-29-17-6-18-30-62/h1-48H. The summed E-state index contributed by atoms with van der Waals surface area (Å²) in [7, 11) is 0. The van der Waals surface area contributed by atoms with Crippen molar-refractivity contribution in [3.8, 4) is 11.1 Å². The van der Waals surface area contributed by atoms with Crippen LogP contribution in [0, 0.1) is 0 Å². The molecule has 0 aliphatic carbocycles. The van der Waals surface area contributed by atoms with Crippen LogP contribution in [0.2, 0.25) is 0 Å². The maximum Gasteiger partial charge on any atom is 0.0652 e. The van der Waals surface area contributed by atoms with E-state index in [1.54, 1.807) is 0 Å². The van der Waals surface area contributed by atoms with Gasteiger partial charge in [-0.15, -0.1) is 0 Å². The molecule has 0 aliphatic rings. The van der Waals surface area contributed by atoms with Gasteiger partial charge in [-0.05, 0) is 144 Å². The van der Waals surface area contributed by atoms with Crippen LogP contribution in [0.5, 0.6) is 0 Å². The predicted octanol–water partition coefficient (Wildman–Crippen LogP) is 16.6. The molecule has 0 bridgehead atoms. The number of anilines is 10. The van der Waals surface area contributed by atoms with Gasteiger partial charge in [-0.3, -0.25) is 0 Å². The second-order valence-electron chi connectivity index (χ2n) is 16.1. The van der Waals surface area contributed by atoms with E-state index in [-0.39, 0.29) is 0 Å². The molecule has 0 N–H and O–H groups in total. The second-order valence-corrected chi connectivity index (χ2v) is 16.1. The second kappa shape index (κ2) is 20.7. The van der Waals surface area contributed by atoms with E-state index in [1.807, 2.05) is 95.2 Å². The SMILES string of the molecule is C(=NN(c1ccccc1)c1ccccc1)c1ccc(N(c2ccccc2)c2ccc(-c3ccc(N(c4ccccc4)c4ccc(C=NN(c5ccccc5)c5ccccc5)cc4)cc3)cc2)cc1. The number of hydrogen-bond donors (Lipinski definition) is 0. The first-order valence-corrected chi connectivity index (χ1v) is 22.7. The lowest BCUT2D eigenvalue weighted by atomic mass is 10.0. The normalized spacial score (nSPS) is 11.1. The highest BCUT2D eigenvalue weighted by molar-refractivity contribution is 5.86. The van der Waals surface area contributed by atoms with Crippen LogP contribution >= 0.6 is 0 Å². The molecule has 326 valence electrons.